The third-order valence-electron chi connectivity index (χ3n) is 1.54. The second-order valence-corrected chi connectivity index (χ2v) is 2.35. The lowest BCUT2D eigenvalue weighted by molar-refractivity contribution is 0.111. The maximum absolute atomic E-state index is 10.4. The quantitative estimate of drug-likeness (QED) is 0.491. The van der Waals surface area contributed by atoms with Gasteiger partial charge < -0.3 is 11.5 Å². The van der Waals surface area contributed by atoms with Gasteiger partial charge in [-0.1, -0.05) is 0 Å². The van der Waals surface area contributed by atoms with E-state index in [4.69, 9.17) is 11.5 Å². The van der Waals surface area contributed by atoms with E-state index in [1.54, 1.807) is 0 Å². The van der Waals surface area contributed by atoms with Crippen molar-refractivity contribution in [3.63, 3.8) is 0 Å². The lowest BCUT2D eigenvalue weighted by Gasteiger charge is -2.02. The van der Waals surface area contributed by atoms with E-state index < -0.39 is 0 Å². The Hall–Kier alpha value is -1.84. The van der Waals surface area contributed by atoms with Gasteiger partial charge in [0.15, 0.2) is 12.6 Å². The molecule has 0 aliphatic carbocycles. The van der Waals surface area contributed by atoms with E-state index in [1.165, 1.54) is 12.1 Å². The van der Waals surface area contributed by atoms with E-state index in [1.807, 2.05) is 0 Å². The molecule has 0 saturated heterocycles. The number of benzene rings is 1. The average molecular weight is 164 g/mol. The molecule has 12 heavy (non-hydrogen) atoms. The van der Waals surface area contributed by atoms with E-state index in [-0.39, 0.29) is 11.4 Å². The molecule has 0 aromatic heterocycles. The van der Waals surface area contributed by atoms with Gasteiger partial charge in [0.2, 0.25) is 0 Å². The Bertz CT molecular complexity index is 300. The second kappa shape index (κ2) is 3.04. The maximum Gasteiger partial charge on any atom is 0.152 e. The molecule has 0 unspecified atom stereocenters. The first kappa shape index (κ1) is 8.26. The van der Waals surface area contributed by atoms with Gasteiger partial charge in [-0.15, -0.1) is 0 Å². The van der Waals surface area contributed by atoms with Crippen LogP contribution in [0.3, 0.4) is 0 Å². The minimum atomic E-state index is 0.265. The van der Waals surface area contributed by atoms with Gasteiger partial charge in [0, 0.05) is 22.5 Å². The zero-order valence-electron chi connectivity index (χ0n) is 6.28. The van der Waals surface area contributed by atoms with Crippen molar-refractivity contribution in [2.24, 2.45) is 0 Å². The first-order valence-corrected chi connectivity index (χ1v) is 3.28. The third-order valence-corrected chi connectivity index (χ3v) is 1.54. The van der Waals surface area contributed by atoms with Crippen molar-refractivity contribution in [1.82, 2.24) is 0 Å². The number of nitrogens with two attached hydrogens (primary N) is 2. The molecule has 1 rings (SSSR count). The van der Waals surface area contributed by atoms with Gasteiger partial charge in [-0.3, -0.25) is 9.59 Å². The summed E-state index contributed by atoms with van der Waals surface area (Å²) in [5.41, 5.74) is 12.0. The van der Waals surface area contributed by atoms with Crippen molar-refractivity contribution in [2.75, 3.05) is 11.5 Å². The summed E-state index contributed by atoms with van der Waals surface area (Å²) in [6.45, 7) is 0. The summed E-state index contributed by atoms with van der Waals surface area (Å²) >= 11 is 0. The molecule has 4 nitrogen and oxygen atoms in total. The smallest absolute Gasteiger partial charge is 0.152 e. The molecule has 62 valence electrons. The standard InChI is InChI=1S/C8H8N2O2/c9-7-1-5(3-11)8(10)2-6(7)4-12/h1-4H,9-10H2. The van der Waals surface area contributed by atoms with E-state index in [0.29, 0.717) is 23.7 Å². The van der Waals surface area contributed by atoms with Crippen molar-refractivity contribution >= 4 is 23.9 Å². The number of carbonyl (C=O) groups is 2. The molecule has 0 saturated carbocycles. The monoisotopic (exact) mass is 164 g/mol. The first-order valence-electron chi connectivity index (χ1n) is 3.28. The highest BCUT2D eigenvalue weighted by molar-refractivity contribution is 5.92. The highest BCUT2D eigenvalue weighted by Crippen LogP contribution is 2.17. The van der Waals surface area contributed by atoms with Crippen molar-refractivity contribution in [3.8, 4) is 0 Å². The number of aldehydes is 2. The molecule has 4 heteroatoms. The van der Waals surface area contributed by atoms with Crippen LogP contribution in [-0.4, -0.2) is 12.6 Å². The summed E-state index contributed by atoms with van der Waals surface area (Å²) in [7, 11) is 0. The Morgan fingerprint density at radius 2 is 1.25 bits per heavy atom. The van der Waals surface area contributed by atoms with Crippen LogP contribution in [0.25, 0.3) is 0 Å². The molecule has 0 radical (unpaired) electrons. The van der Waals surface area contributed by atoms with Gasteiger partial charge in [-0.25, -0.2) is 0 Å². The Balaban J connectivity index is 3.34. The zero-order chi connectivity index (χ0) is 9.14. The predicted octanol–water partition coefficient (Wildman–Crippen LogP) is 0.476. The Morgan fingerprint density at radius 1 is 0.917 bits per heavy atom. The van der Waals surface area contributed by atoms with E-state index in [9.17, 15) is 9.59 Å². The molecule has 0 atom stereocenters. The molecule has 0 aliphatic heterocycles. The average Bonchev–Trinajstić information content (AvgIpc) is 2.08. The van der Waals surface area contributed by atoms with Crippen LogP contribution < -0.4 is 11.5 Å². The Morgan fingerprint density at radius 3 is 1.50 bits per heavy atom. The summed E-state index contributed by atoms with van der Waals surface area (Å²) in [5.74, 6) is 0. The number of nitrogen functional groups attached to an aromatic ring is 2. The summed E-state index contributed by atoms with van der Waals surface area (Å²) in [4.78, 5) is 20.7. The van der Waals surface area contributed by atoms with Gasteiger partial charge in [-0.05, 0) is 12.1 Å². The van der Waals surface area contributed by atoms with Crippen LogP contribution in [0.1, 0.15) is 20.7 Å². The van der Waals surface area contributed by atoms with Crippen LogP contribution >= 0.6 is 0 Å². The van der Waals surface area contributed by atoms with Crippen molar-refractivity contribution in [3.05, 3.63) is 23.3 Å². The van der Waals surface area contributed by atoms with Crippen LogP contribution in [0, 0.1) is 0 Å². The fourth-order valence-corrected chi connectivity index (χ4v) is 0.873. The van der Waals surface area contributed by atoms with Gasteiger partial charge in [0.05, 0.1) is 0 Å². The number of hydrogen-bond acceptors (Lipinski definition) is 4. The van der Waals surface area contributed by atoms with Gasteiger partial charge >= 0.3 is 0 Å². The van der Waals surface area contributed by atoms with E-state index in [0.717, 1.165) is 0 Å². The summed E-state index contributed by atoms with van der Waals surface area (Å²) in [6.07, 6.45) is 1.19. The summed E-state index contributed by atoms with van der Waals surface area (Å²) < 4.78 is 0. The molecule has 0 amide bonds. The molecule has 0 bridgehead atoms. The van der Waals surface area contributed by atoms with Crippen LogP contribution in [-0.2, 0) is 0 Å². The molecule has 0 spiro atoms. The van der Waals surface area contributed by atoms with E-state index >= 15 is 0 Å². The number of carbonyl (C=O) groups excluding carboxylic acids is 2. The van der Waals surface area contributed by atoms with Crippen LogP contribution in [0.15, 0.2) is 12.1 Å². The van der Waals surface area contributed by atoms with Crippen molar-refractivity contribution < 1.29 is 9.59 Å². The summed E-state index contributed by atoms with van der Waals surface area (Å²) in [6, 6.07) is 2.76. The molecule has 1 aromatic rings. The minimum Gasteiger partial charge on any atom is -0.398 e. The molecule has 0 heterocycles. The topological polar surface area (TPSA) is 86.2 Å². The highest BCUT2D eigenvalue weighted by atomic mass is 16.1. The molecular weight excluding hydrogens is 156 g/mol. The Labute approximate surface area is 69.2 Å². The predicted molar refractivity (Wildman–Crippen MR) is 46.0 cm³/mol. The van der Waals surface area contributed by atoms with Crippen LogP contribution in [0.5, 0.6) is 0 Å². The molecule has 0 aliphatic rings. The third kappa shape index (κ3) is 1.27. The van der Waals surface area contributed by atoms with Gasteiger partial charge in [0.25, 0.3) is 0 Å². The van der Waals surface area contributed by atoms with E-state index in [2.05, 4.69) is 0 Å². The van der Waals surface area contributed by atoms with Gasteiger partial charge in [-0.2, -0.15) is 0 Å². The fraction of sp³-hybridized carbons (Fsp3) is 0. The van der Waals surface area contributed by atoms with Crippen LogP contribution in [0.4, 0.5) is 11.4 Å². The number of anilines is 2. The normalized spacial score (nSPS) is 9.33. The molecular formula is C8H8N2O2. The maximum atomic E-state index is 10.4. The minimum absolute atomic E-state index is 0.265. The lowest BCUT2D eigenvalue weighted by Crippen LogP contribution is -1.99. The van der Waals surface area contributed by atoms with Crippen molar-refractivity contribution in [1.29, 1.82) is 0 Å². The SMILES string of the molecule is Nc1cc(C=O)c(N)cc1C=O. The second-order valence-electron chi connectivity index (χ2n) is 2.35. The summed E-state index contributed by atoms with van der Waals surface area (Å²) in [5, 5.41) is 0. The number of rotatable bonds is 2. The lowest BCUT2D eigenvalue weighted by atomic mass is 10.1. The fourth-order valence-electron chi connectivity index (χ4n) is 0.873. The zero-order valence-corrected chi connectivity index (χ0v) is 6.28. The molecule has 1 aromatic carbocycles. The largest absolute Gasteiger partial charge is 0.398 e. The Kier molecular flexibility index (Phi) is 2.09. The molecule has 4 N–H and O–H groups in total. The van der Waals surface area contributed by atoms with Crippen molar-refractivity contribution in [2.45, 2.75) is 0 Å². The van der Waals surface area contributed by atoms with Gasteiger partial charge in [0.1, 0.15) is 0 Å². The number of hydrogen-bond donors (Lipinski definition) is 2. The first-order chi connectivity index (χ1) is 5.69. The van der Waals surface area contributed by atoms with Crippen LogP contribution in [0.2, 0.25) is 0 Å². The molecule has 0 fully saturated rings. The highest BCUT2D eigenvalue weighted by Gasteiger charge is 2.03.